The van der Waals surface area contributed by atoms with Crippen LogP contribution in [-0.2, 0) is 0 Å². The number of para-hydroxylation sites is 1. The van der Waals surface area contributed by atoms with Gasteiger partial charge in [-0.2, -0.15) is 0 Å². The van der Waals surface area contributed by atoms with Gasteiger partial charge in [0.2, 0.25) is 0 Å². The Bertz CT molecular complexity index is 530. The molecule has 0 bridgehead atoms. The van der Waals surface area contributed by atoms with Gasteiger partial charge in [0.05, 0.1) is 7.11 Å². The second-order valence-corrected chi connectivity index (χ2v) is 3.15. The van der Waals surface area contributed by atoms with Crippen molar-refractivity contribution < 1.29 is 9.26 Å². The number of azo groups is 1. The molecular weight excluding hydrogens is 222 g/mol. The van der Waals surface area contributed by atoms with Gasteiger partial charge in [-0.05, 0) is 12.1 Å². The molecule has 0 aliphatic rings. The van der Waals surface area contributed by atoms with E-state index in [0.29, 0.717) is 11.4 Å². The molecule has 0 aliphatic heterocycles. The van der Waals surface area contributed by atoms with Gasteiger partial charge in [0, 0.05) is 0 Å². The Balaban J connectivity index is 2.32. The second-order valence-electron chi connectivity index (χ2n) is 3.15. The fourth-order valence-corrected chi connectivity index (χ4v) is 1.23. The topological polar surface area (TPSA) is 112 Å². The molecule has 2 aromatic rings. The zero-order valence-corrected chi connectivity index (χ0v) is 9.12. The molecule has 7 heteroatoms. The number of ether oxygens (including phenoxy) is 1. The quantitative estimate of drug-likeness (QED) is 0.789. The number of anilines is 2. The maximum atomic E-state index is 5.51. The van der Waals surface area contributed by atoms with Crippen molar-refractivity contribution in [3.05, 3.63) is 24.3 Å². The van der Waals surface area contributed by atoms with Crippen molar-refractivity contribution in [2.45, 2.75) is 0 Å². The summed E-state index contributed by atoms with van der Waals surface area (Å²) in [6, 6.07) is 7.17. The summed E-state index contributed by atoms with van der Waals surface area (Å²) in [7, 11) is 1.55. The molecule has 1 aromatic carbocycles. The van der Waals surface area contributed by atoms with Crippen LogP contribution >= 0.6 is 0 Å². The highest BCUT2D eigenvalue weighted by atomic mass is 16.5. The monoisotopic (exact) mass is 233 g/mol. The molecule has 17 heavy (non-hydrogen) atoms. The van der Waals surface area contributed by atoms with Crippen molar-refractivity contribution in [1.82, 2.24) is 5.16 Å². The molecule has 0 spiro atoms. The van der Waals surface area contributed by atoms with Crippen LogP contribution < -0.4 is 16.2 Å². The fourth-order valence-electron chi connectivity index (χ4n) is 1.23. The Hall–Kier alpha value is -2.57. The van der Waals surface area contributed by atoms with Gasteiger partial charge in [0.1, 0.15) is 11.4 Å². The third kappa shape index (κ3) is 2.17. The highest BCUT2D eigenvalue weighted by molar-refractivity contribution is 5.68. The van der Waals surface area contributed by atoms with Crippen LogP contribution in [0.2, 0.25) is 0 Å². The Morgan fingerprint density at radius 3 is 2.65 bits per heavy atom. The SMILES string of the molecule is COc1ccccc1N=Nc1c(N)noc1N. The lowest BCUT2D eigenvalue weighted by atomic mass is 10.3. The Morgan fingerprint density at radius 1 is 1.24 bits per heavy atom. The summed E-state index contributed by atoms with van der Waals surface area (Å²) in [6.07, 6.45) is 0. The van der Waals surface area contributed by atoms with Crippen molar-refractivity contribution >= 4 is 23.1 Å². The first-order valence-corrected chi connectivity index (χ1v) is 4.77. The number of aromatic nitrogens is 1. The molecule has 0 amide bonds. The van der Waals surface area contributed by atoms with E-state index in [-0.39, 0.29) is 17.4 Å². The molecule has 0 unspecified atom stereocenters. The lowest BCUT2D eigenvalue weighted by Crippen LogP contribution is -1.85. The minimum atomic E-state index is 0.0288. The van der Waals surface area contributed by atoms with E-state index in [9.17, 15) is 0 Å². The third-order valence-corrected chi connectivity index (χ3v) is 2.06. The first-order chi connectivity index (χ1) is 8.22. The highest BCUT2D eigenvalue weighted by Crippen LogP contribution is 2.32. The highest BCUT2D eigenvalue weighted by Gasteiger charge is 2.10. The standard InChI is InChI=1S/C10H11N5O2/c1-16-7-5-3-2-4-6(7)13-14-8-9(11)15-17-10(8)12/h2-5H,12H2,1H3,(H2,11,15). The number of nitrogen functional groups attached to an aromatic ring is 2. The average Bonchev–Trinajstić information content (AvgIpc) is 2.67. The van der Waals surface area contributed by atoms with E-state index in [1.165, 1.54) is 0 Å². The number of nitrogens with two attached hydrogens (primary N) is 2. The molecule has 0 atom stereocenters. The van der Waals surface area contributed by atoms with Crippen LogP contribution in [0.15, 0.2) is 39.0 Å². The van der Waals surface area contributed by atoms with E-state index >= 15 is 0 Å². The Morgan fingerprint density at radius 2 is 2.00 bits per heavy atom. The number of benzene rings is 1. The average molecular weight is 233 g/mol. The number of hydrogen-bond acceptors (Lipinski definition) is 7. The van der Waals surface area contributed by atoms with E-state index in [1.807, 2.05) is 12.1 Å². The van der Waals surface area contributed by atoms with E-state index in [2.05, 4.69) is 19.9 Å². The summed E-state index contributed by atoms with van der Waals surface area (Å²) in [5.74, 6) is 0.729. The lowest BCUT2D eigenvalue weighted by Gasteiger charge is -2.01. The molecule has 7 nitrogen and oxygen atoms in total. The van der Waals surface area contributed by atoms with Gasteiger partial charge in [0.25, 0.3) is 5.88 Å². The molecule has 0 fully saturated rings. The zero-order chi connectivity index (χ0) is 12.3. The number of rotatable bonds is 3. The summed E-state index contributed by atoms with van der Waals surface area (Å²) < 4.78 is 9.78. The summed E-state index contributed by atoms with van der Waals surface area (Å²) in [5.41, 5.74) is 11.8. The molecule has 4 N–H and O–H groups in total. The summed E-state index contributed by atoms with van der Waals surface area (Å²) in [5, 5.41) is 11.3. The van der Waals surface area contributed by atoms with Crippen molar-refractivity contribution in [2.24, 2.45) is 10.2 Å². The first kappa shape index (κ1) is 10.9. The van der Waals surface area contributed by atoms with Crippen LogP contribution in [0.5, 0.6) is 5.75 Å². The Kier molecular flexibility index (Phi) is 2.91. The molecular formula is C10H11N5O2. The van der Waals surface area contributed by atoms with Crippen molar-refractivity contribution in [3.63, 3.8) is 0 Å². The summed E-state index contributed by atoms with van der Waals surface area (Å²) in [6.45, 7) is 0. The predicted molar refractivity (Wildman–Crippen MR) is 62.5 cm³/mol. The zero-order valence-electron chi connectivity index (χ0n) is 9.12. The van der Waals surface area contributed by atoms with Crippen LogP contribution in [0.25, 0.3) is 0 Å². The number of hydrogen-bond donors (Lipinski definition) is 2. The largest absolute Gasteiger partial charge is 0.494 e. The molecule has 2 rings (SSSR count). The molecule has 1 aromatic heterocycles. The maximum absolute atomic E-state index is 5.51. The van der Waals surface area contributed by atoms with Crippen molar-refractivity contribution in [3.8, 4) is 5.75 Å². The van der Waals surface area contributed by atoms with Crippen LogP contribution in [0.4, 0.5) is 23.1 Å². The van der Waals surface area contributed by atoms with Gasteiger partial charge in [-0.25, -0.2) is 0 Å². The van der Waals surface area contributed by atoms with Crippen molar-refractivity contribution in [1.29, 1.82) is 0 Å². The van der Waals surface area contributed by atoms with Crippen LogP contribution in [0.1, 0.15) is 0 Å². The van der Waals surface area contributed by atoms with Gasteiger partial charge in [-0.1, -0.05) is 17.3 Å². The smallest absolute Gasteiger partial charge is 0.252 e. The second kappa shape index (κ2) is 4.52. The van der Waals surface area contributed by atoms with Gasteiger partial charge in [0.15, 0.2) is 11.5 Å². The van der Waals surface area contributed by atoms with Crippen molar-refractivity contribution in [2.75, 3.05) is 18.6 Å². The minimum Gasteiger partial charge on any atom is -0.494 e. The van der Waals surface area contributed by atoms with E-state index in [4.69, 9.17) is 16.2 Å². The minimum absolute atomic E-state index is 0.0288. The molecule has 0 saturated heterocycles. The first-order valence-electron chi connectivity index (χ1n) is 4.77. The van der Waals surface area contributed by atoms with Crippen LogP contribution in [-0.4, -0.2) is 12.3 Å². The number of nitrogens with zero attached hydrogens (tertiary/aromatic N) is 3. The predicted octanol–water partition coefficient (Wildman–Crippen LogP) is 2.26. The summed E-state index contributed by atoms with van der Waals surface area (Å²) >= 11 is 0. The molecule has 0 saturated carbocycles. The summed E-state index contributed by atoms with van der Waals surface area (Å²) in [4.78, 5) is 0. The van der Waals surface area contributed by atoms with Gasteiger partial charge in [-0.15, -0.1) is 10.2 Å². The third-order valence-electron chi connectivity index (χ3n) is 2.06. The van der Waals surface area contributed by atoms with E-state index in [0.717, 1.165) is 0 Å². The van der Waals surface area contributed by atoms with Crippen LogP contribution in [0.3, 0.4) is 0 Å². The number of methoxy groups -OCH3 is 1. The molecule has 0 aliphatic carbocycles. The molecule has 1 heterocycles. The van der Waals surface area contributed by atoms with Crippen LogP contribution in [0, 0.1) is 0 Å². The Labute approximate surface area is 97.1 Å². The van der Waals surface area contributed by atoms with Gasteiger partial charge in [-0.3, -0.25) is 0 Å². The molecule has 88 valence electrons. The molecule has 0 radical (unpaired) electrons. The van der Waals surface area contributed by atoms with E-state index in [1.54, 1.807) is 19.2 Å². The lowest BCUT2D eigenvalue weighted by molar-refractivity contribution is 0.416. The van der Waals surface area contributed by atoms with E-state index < -0.39 is 0 Å². The van der Waals surface area contributed by atoms with Gasteiger partial charge < -0.3 is 20.7 Å². The normalized spacial score (nSPS) is 10.9. The fraction of sp³-hybridized carbons (Fsp3) is 0.100. The van der Waals surface area contributed by atoms with Gasteiger partial charge >= 0.3 is 0 Å². The maximum Gasteiger partial charge on any atom is 0.252 e.